The van der Waals surface area contributed by atoms with E-state index in [9.17, 15) is 4.39 Å². The van der Waals surface area contributed by atoms with Crippen LogP contribution in [0.2, 0.25) is 0 Å². The predicted octanol–water partition coefficient (Wildman–Crippen LogP) is 3.32. The van der Waals surface area contributed by atoms with E-state index in [0.29, 0.717) is 4.77 Å². The van der Waals surface area contributed by atoms with Crippen molar-refractivity contribution in [3.05, 3.63) is 28.8 Å². The number of nitrogens with zero attached hydrogens (tertiary/aromatic N) is 2. The molecule has 0 saturated heterocycles. The van der Waals surface area contributed by atoms with E-state index >= 15 is 0 Å². The highest BCUT2D eigenvalue weighted by Gasteiger charge is 2.27. The van der Waals surface area contributed by atoms with Crippen LogP contribution in [0.25, 0.3) is 11.0 Å². The van der Waals surface area contributed by atoms with Crippen LogP contribution >= 0.6 is 12.2 Å². The van der Waals surface area contributed by atoms with Crippen molar-refractivity contribution < 1.29 is 4.39 Å². The SMILES string of the molecule is CCN(CCn1c(=S)[nH]c2ccc(F)cc21)C1CC1. The molecule has 0 atom stereocenters. The number of aromatic nitrogens is 2. The van der Waals surface area contributed by atoms with Gasteiger partial charge in [-0.3, -0.25) is 4.90 Å². The molecule has 1 aromatic carbocycles. The molecule has 0 aliphatic heterocycles. The molecule has 0 amide bonds. The molecule has 1 aliphatic rings. The topological polar surface area (TPSA) is 24.0 Å². The number of fused-ring (bicyclic) bond motifs is 1. The lowest BCUT2D eigenvalue weighted by Crippen LogP contribution is -2.29. The van der Waals surface area contributed by atoms with E-state index in [4.69, 9.17) is 12.2 Å². The van der Waals surface area contributed by atoms with Crippen LogP contribution in [0, 0.1) is 10.6 Å². The molecule has 0 radical (unpaired) electrons. The quantitative estimate of drug-likeness (QED) is 0.849. The summed E-state index contributed by atoms with van der Waals surface area (Å²) in [5, 5.41) is 0. The standard InChI is InChI=1S/C14H18FN3S/c1-2-17(11-4-5-11)7-8-18-13-9-10(15)3-6-12(13)16-14(18)19/h3,6,9,11H,2,4-5,7-8H2,1H3,(H,16,19). The molecule has 1 saturated carbocycles. The Morgan fingerprint density at radius 1 is 1.47 bits per heavy atom. The molecular weight excluding hydrogens is 261 g/mol. The Morgan fingerprint density at radius 2 is 2.26 bits per heavy atom. The maximum atomic E-state index is 13.4. The number of hydrogen-bond donors (Lipinski definition) is 1. The van der Waals surface area contributed by atoms with Crippen molar-refractivity contribution in [1.29, 1.82) is 0 Å². The van der Waals surface area contributed by atoms with Gasteiger partial charge in [0, 0.05) is 19.1 Å². The lowest BCUT2D eigenvalue weighted by molar-refractivity contribution is 0.267. The zero-order valence-electron chi connectivity index (χ0n) is 11.0. The van der Waals surface area contributed by atoms with E-state index in [1.165, 1.54) is 18.9 Å². The van der Waals surface area contributed by atoms with Crippen LogP contribution in [-0.2, 0) is 6.54 Å². The number of aromatic amines is 1. The van der Waals surface area contributed by atoms with E-state index in [2.05, 4.69) is 16.8 Å². The van der Waals surface area contributed by atoms with Crippen molar-refractivity contribution in [2.75, 3.05) is 13.1 Å². The third kappa shape index (κ3) is 2.58. The summed E-state index contributed by atoms with van der Waals surface area (Å²) in [7, 11) is 0. The van der Waals surface area contributed by atoms with Gasteiger partial charge in [0.1, 0.15) is 5.82 Å². The highest BCUT2D eigenvalue weighted by molar-refractivity contribution is 7.71. The van der Waals surface area contributed by atoms with Crippen LogP contribution in [-0.4, -0.2) is 33.6 Å². The van der Waals surface area contributed by atoms with Crippen molar-refractivity contribution >= 4 is 23.3 Å². The Bertz CT molecular complexity index is 642. The average Bonchev–Trinajstić information content (AvgIpc) is 3.17. The molecule has 3 nitrogen and oxygen atoms in total. The number of nitrogens with one attached hydrogen (secondary N) is 1. The van der Waals surface area contributed by atoms with Gasteiger partial charge >= 0.3 is 0 Å². The summed E-state index contributed by atoms with van der Waals surface area (Å²) in [5.41, 5.74) is 1.76. The minimum absolute atomic E-state index is 0.218. The van der Waals surface area contributed by atoms with Gasteiger partial charge in [-0.05, 0) is 49.8 Å². The number of rotatable bonds is 5. The average molecular weight is 279 g/mol. The molecular formula is C14H18FN3S. The smallest absolute Gasteiger partial charge is 0.178 e. The summed E-state index contributed by atoms with van der Waals surface area (Å²) >= 11 is 5.33. The van der Waals surface area contributed by atoms with E-state index in [-0.39, 0.29) is 5.82 Å². The number of benzene rings is 1. The molecule has 19 heavy (non-hydrogen) atoms. The summed E-state index contributed by atoms with van der Waals surface area (Å²) in [6.07, 6.45) is 2.61. The third-order valence-corrected chi connectivity index (χ3v) is 4.14. The largest absolute Gasteiger partial charge is 0.331 e. The minimum Gasteiger partial charge on any atom is -0.331 e. The van der Waals surface area contributed by atoms with Gasteiger partial charge in [-0.15, -0.1) is 0 Å². The fraction of sp³-hybridized carbons (Fsp3) is 0.500. The molecule has 3 rings (SSSR count). The van der Waals surface area contributed by atoms with Crippen LogP contribution in [0.15, 0.2) is 18.2 Å². The number of H-pyrrole nitrogens is 1. The zero-order chi connectivity index (χ0) is 13.4. The first-order valence-corrected chi connectivity index (χ1v) is 7.22. The lowest BCUT2D eigenvalue weighted by atomic mass is 10.3. The third-order valence-electron chi connectivity index (χ3n) is 3.82. The minimum atomic E-state index is -0.218. The fourth-order valence-electron chi connectivity index (χ4n) is 2.61. The monoisotopic (exact) mass is 279 g/mol. The second kappa shape index (κ2) is 5.06. The van der Waals surface area contributed by atoms with Gasteiger partial charge in [0.2, 0.25) is 0 Å². The predicted molar refractivity (Wildman–Crippen MR) is 77.3 cm³/mol. The molecule has 1 heterocycles. The number of imidazole rings is 1. The molecule has 0 bridgehead atoms. The van der Waals surface area contributed by atoms with Crippen molar-refractivity contribution in [2.24, 2.45) is 0 Å². The van der Waals surface area contributed by atoms with Gasteiger partial charge in [0.05, 0.1) is 11.0 Å². The molecule has 1 aliphatic carbocycles. The van der Waals surface area contributed by atoms with Crippen LogP contribution in [0.1, 0.15) is 19.8 Å². The Balaban J connectivity index is 1.85. The summed E-state index contributed by atoms with van der Waals surface area (Å²) in [6.45, 7) is 5.03. The zero-order valence-corrected chi connectivity index (χ0v) is 11.8. The van der Waals surface area contributed by atoms with Gasteiger partial charge in [0.15, 0.2) is 4.77 Å². The van der Waals surface area contributed by atoms with E-state index in [0.717, 1.165) is 36.7 Å². The number of hydrogen-bond acceptors (Lipinski definition) is 2. The summed E-state index contributed by atoms with van der Waals surface area (Å²) in [4.78, 5) is 5.61. The van der Waals surface area contributed by atoms with Crippen molar-refractivity contribution in [3.63, 3.8) is 0 Å². The van der Waals surface area contributed by atoms with Gasteiger partial charge in [-0.2, -0.15) is 0 Å². The molecule has 1 aromatic heterocycles. The fourth-order valence-corrected chi connectivity index (χ4v) is 2.91. The van der Waals surface area contributed by atoms with Crippen molar-refractivity contribution in [1.82, 2.24) is 14.5 Å². The summed E-state index contributed by atoms with van der Waals surface area (Å²) in [5.74, 6) is -0.218. The maximum Gasteiger partial charge on any atom is 0.178 e. The first kappa shape index (κ1) is 12.8. The summed E-state index contributed by atoms with van der Waals surface area (Å²) in [6, 6.07) is 5.51. The van der Waals surface area contributed by atoms with E-state index in [1.54, 1.807) is 12.1 Å². The van der Waals surface area contributed by atoms with Crippen molar-refractivity contribution in [2.45, 2.75) is 32.4 Å². The first-order valence-electron chi connectivity index (χ1n) is 6.81. The highest BCUT2D eigenvalue weighted by atomic mass is 32.1. The maximum absolute atomic E-state index is 13.4. The van der Waals surface area contributed by atoms with E-state index < -0.39 is 0 Å². The summed E-state index contributed by atoms with van der Waals surface area (Å²) < 4.78 is 16.0. The number of likely N-dealkylation sites (N-methyl/N-ethyl adjacent to an activating group) is 1. The highest BCUT2D eigenvalue weighted by Crippen LogP contribution is 2.26. The van der Waals surface area contributed by atoms with Gasteiger partial charge in [0.25, 0.3) is 0 Å². The molecule has 1 fully saturated rings. The van der Waals surface area contributed by atoms with E-state index in [1.807, 2.05) is 4.57 Å². The van der Waals surface area contributed by atoms with Crippen molar-refractivity contribution in [3.8, 4) is 0 Å². The molecule has 102 valence electrons. The molecule has 0 unspecified atom stereocenters. The van der Waals surface area contributed by atoms with Gasteiger partial charge in [-0.1, -0.05) is 6.92 Å². The second-order valence-electron chi connectivity index (χ2n) is 5.10. The Kier molecular flexibility index (Phi) is 3.41. The molecule has 1 N–H and O–H groups in total. The van der Waals surface area contributed by atoms with Crippen LogP contribution in [0.4, 0.5) is 4.39 Å². The molecule has 2 aromatic rings. The molecule has 5 heteroatoms. The Morgan fingerprint density at radius 3 is 2.95 bits per heavy atom. The first-order chi connectivity index (χ1) is 9.19. The lowest BCUT2D eigenvalue weighted by Gasteiger charge is -2.20. The van der Waals surface area contributed by atoms with Gasteiger partial charge < -0.3 is 9.55 Å². The van der Waals surface area contributed by atoms with Crippen LogP contribution in [0.3, 0.4) is 0 Å². The Labute approximate surface area is 117 Å². The number of halogens is 1. The van der Waals surface area contributed by atoms with Crippen LogP contribution in [0.5, 0.6) is 0 Å². The second-order valence-corrected chi connectivity index (χ2v) is 5.49. The van der Waals surface area contributed by atoms with Gasteiger partial charge in [-0.25, -0.2) is 4.39 Å². The molecule has 0 spiro atoms. The Hall–Kier alpha value is -1.20. The van der Waals surface area contributed by atoms with Crippen LogP contribution < -0.4 is 0 Å². The normalized spacial score (nSPS) is 15.5.